The van der Waals surface area contributed by atoms with Crippen molar-refractivity contribution in [2.75, 3.05) is 25.0 Å². The molecule has 3 atom stereocenters. The highest BCUT2D eigenvalue weighted by atomic mass is 15.1. The van der Waals surface area contributed by atoms with Gasteiger partial charge in [0.05, 0.1) is 0 Å². The van der Waals surface area contributed by atoms with E-state index < -0.39 is 0 Å². The Labute approximate surface area is 118 Å². The van der Waals surface area contributed by atoms with Crippen molar-refractivity contribution in [1.82, 2.24) is 5.32 Å². The summed E-state index contributed by atoms with van der Waals surface area (Å²) in [5, 5.41) is 3.53. The Morgan fingerprint density at radius 1 is 1.26 bits per heavy atom. The van der Waals surface area contributed by atoms with E-state index in [1.807, 2.05) is 0 Å². The summed E-state index contributed by atoms with van der Waals surface area (Å²) >= 11 is 0. The Bertz CT molecular complexity index is 385. The Kier molecular flexibility index (Phi) is 4.87. The first kappa shape index (κ1) is 14.4. The smallest absolute Gasteiger partial charge is 0.0363 e. The minimum Gasteiger partial charge on any atom is -0.374 e. The Balaban J connectivity index is 1.96. The normalized spacial score (nSPS) is 23.2. The first-order chi connectivity index (χ1) is 9.15. The molecule has 1 saturated carbocycles. The van der Waals surface area contributed by atoms with Crippen molar-refractivity contribution in [3.05, 3.63) is 29.8 Å². The maximum absolute atomic E-state index is 3.53. The van der Waals surface area contributed by atoms with E-state index in [9.17, 15) is 0 Å². The lowest BCUT2D eigenvalue weighted by Crippen LogP contribution is -2.22. The molecule has 1 aliphatic rings. The molecule has 1 aromatic rings. The van der Waals surface area contributed by atoms with E-state index in [0.29, 0.717) is 6.04 Å². The minimum absolute atomic E-state index is 0.493. The molecule has 3 unspecified atom stereocenters. The van der Waals surface area contributed by atoms with Gasteiger partial charge in [0.2, 0.25) is 0 Å². The molecule has 1 N–H and O–H groups in total. The zero-order valence-corrected chi connectivity index (χ0v) is 12.8. The molecule has 2 rings (SSSR count). The summed E-state index contributed by atoms with van der Waals surface area (Å²) in [6.45, 7) is 8.98. The third-order valence-corrected chi connectivity index (χ3v) is 4.38. The largest absolute Gasteiger partial charge is 0.374 e. The van der Waals surface area contributed by atoms with Crippen LogP contribution in [-0.2, 0) is 0 Å². The number of anilines is 1. The quantitative estimate of drug-likeness (QED) is 0.801. The molecule has 0 bridgehead atoms. The average Bonchev–Trinajstić information content (AvgIpc) is 3.11. The molecule has 2 nitrogen and oxygen atoms in total. The molecule has 0 aliphatic heterocycles. The van der Waals surface area contributed by atoms with Crippen molar-refractivity contribution in [2.24, 2.45) is 11.8 Å². The summed E-state index contributed by atoms with van der Waals surface area (Å²) in [5.41, 5.74) is 2.75. The number of rotatable bonds is 7. The Morgan fingerprint density at radius 2 is 1.89 bits per heavy atom. The van der Waals surface area contributed by atoms with Gasteiger partial charge in [-0.15, -0.1) is 0 Å². The van der Waals surface area contributed by atoms with Crippen LogP contribution in [0.25, 0.3) is 0 Å². The molecule has 0 heterocycles. The molecule has 2 heteroatoms. The van der Waals surface area contributed by atoms with E-state index >= 15 is 0 Å². The molecular formula is C17H28N2. The topological polar surface area (TPSA) is 15.3 Å². The van der Waals surface area contributed by atoms with Crippen molar-refractivity contribution in [1.29, 1.82) is 0 Å². The average molecular weight is 260 g/mol. The van der Waals surface area contributed by atoms with Crippen LogP contribution in [0, 0.1) is 11.8 Å². The lowest BCUT2D eigenvalue weighted by Gasteiger charge is -2.21. The van der Waals surface area contributed by atoms with Crippen LogP contribution in [0.1, 0.15) is 45.2 Å². The van der Waals surface area contributed by atoms with Gasteiger partial charge in [0.1, 0.15) is 0 Å². The van der Waals surface area contributed by atoms with Crippen molar-refractivity contribution >= 4 is 5.69 Å². The number of benzene rings is 1. The van der Waals surface area contributed by atoms with Gasteiger partial charge in [-0.1, -0.05) is 32.9 Å². The molecule has 1 aliphatic carbocycles. The molecule has 0 amide bonds. The molecule has 0 saturated heterocycles. The van der Waals surface area contributed by atoms with Crippen molar-refractivity contribution in [2.45, 2.75) is 39.7 Å². The first-order valence-electron chi connectivity index (χ1n) is 7.70. The Hall–Kier alpha value is -1.02. The molecule has 0 aromatic heterocycles. The third-order valence-electron chi connectivity index (χ3n) is 4.38. The molecule has 106 valence electrons. The lowest BCUT2D eigenvalue weighted by atomic mass is 10.0. The van der Waals surface area contributed by atoms with Gasteiger partial charge in [0.25, 0.3) is 0 Å². The summed E-state index contributed by atoms with van der Waals surface area (Å²) in [5.74, 6) is 1.84. The summed E-state index contributed by atoms with van der Waals surface area (Å²) in [7, 11) is 2.21. The molecule has 0 spiro atoms. The molecule has 1 fully saturated rings. The molecule has 1 aromatic carbocycles. The van der Waals surface area contributed by atoms with Crippen LogP contribution < -0.4 is 10.2 Å². The predicted molar refractivity (Wildman–Crippen MR) is 83.7 cm³/mol. The zero-order valence-electron chi connectivity index (χ0n) is 12.8. The fourth-order valence-corrected chi connectivity index (χ4v) is 2.82. The van der Waals surface area contributed by atoms with E-state index in [2.05, 4.69) is 62.3 Å². The number of hydrogen-bond acceptors (Lipinski definition) is 2. The van der Waals surface area contributed by atoms with Gasteiger partial charge in [-0.25, -0.2) is 0 Å². The van der Waals surface area contributed by atoms with E-state index in [1.54, 1.807) is 0 Å². The summed E-state index contributed by atoms with van der Waals surface area (Å²) < 4.78 is 0. The summed E-state index contributed by atoms with van der Waals surface area (Å²) in [6, 6.07) is 9.58. The van der Waals surface area contributed by atoms with Crippen LogP contribution in [0.15, 0.2) is 24.3 Å². The fraction of sp³-hybridized carbons (Fsp3) is 0.647. The second kappa shape index (κ2) is 6.42. The van der Waals surface area contributed by atoms with Gasteiger partial charge in [0, 0.05) is 25.3 Å². The van der Waals surface area contributed by atoms with E-state index in [-0.39, 0.29) is 0 Å². The summed E-state index contributed by atoms with van der Waals surface area (Å²) in [6.07, 6.45) is 2.55. The van der Waals surface area contributed by atoms with Gasteiger partial charge < -0.3 is 10.2 Å². The van der Waals surface area contributed by atoms with Crippen LogP contribution in [0.3, 0.4) is 0 Å². The van der Waals surface area contributed by atoms with Crippen molar-refractivity contribution in [3.63, 3.8) is 0 Å². The third kappa shape index (κ3) is 3.73. The van der Waals surface area contributed by atoms with Crippen LogP contribution in [-0.4, -0.2) is 20.1 Å². The second-order valence-electron chi connectivity index (χ2n) is 5.96. The van der Waals surface area contributed by atoms with Crippen LogP contribution in [0.4, 0.5) is 5.69 Å². The lowest BCUT2D eigenvalue weighted by molar-refractivity contribution is 0.537. The van der Waals surface area contributed by atoms with Crippen LogP contribution >= 0.6 is 0 Å². The first-order valence-corrected chi connectivity index (χ1v) is 7.70. The zero-order chi connectivity index (χ0) is 13.8. The Morgan fingerprint density at radius 3 is 2.37 bits per heavy atom. The van der Waals surface area contributed by atoms with E-state index in [4.69, 9.17) is 0 Å². The standard InChI is InChI=1S/C17H28N2/c1-5-17(18-6-2)14-7-9-16(10-8-14)19(4)12-15-11-13(15)3/h7-10,13,15,17-18H,5-6,11-12H2,1-4H3. The van der Waals surface area contributed by atoms with Gasteiger partial charge in [-0.2, -0.15) is 0 Å². The second-order valence-corrected chi connectivity index (χ2v) is 5.96. The van der Waals surface area contributed by atoms with Crippen molar-refractivity contribution in [3.8, 4) is 0 Å². The monoisotopic (exact) mass is 260 g/mol. The maximum Gasteiger partial charge on any atom is 0.0363 e. The van der Waals surface area contributed by atoms with Crippen LogP contribution in [0.5, 0.6) is 0 Å². The van der Waals surface area contributed by atoms with Gasteiger partial charge in [-0.05, 0) is 48.9 Å². The van der Waals surface area contributed by atoms with E-state index in [1.165, 1.54) is 24.2 Å². The number of nitrogens with one attached hydrogen (secondary N) is 1. The number of nitrogens with zero attached hydrogens (tertiary/aromatic N) is 1. The van der Waals surface area contributed by atoms with Crippen molar-refractivity contribution < 1.29 is 0 Å². The SMILES string of the molecule is CCNC(CC)c1ccc(N(C)CC2CC2C)cc1. The highest BCUT2D eigenvalue weighted by molar-refractivity contribution is 5.47. The molecule has 19 heavy (non-hydrogen) atoms. The van der Waals surface area contributed by atoms with Gasteiger partial charge in [-0.3, -0.25) is 0 Å². The minimum atomic E-state index is 0.493. The fourth-order valence-electron chi connectivity index (χ4n) is 2.82. The highest BCUT2D eigenvalue weighted by Crippen LogP contribution is 2.38. The van der Waals surface area contributed by atoms with Gasteiger partial charge >= 0.3 is 0 Å². The number of hydrogen-bond donors (Lipinski definition) is 1. The predicted octanol–water partition coefficient (Wildman–Crippen LogP) is 3.84. The molecule has 0 radical (unpaired) electrons. The van der Waals surface area contributed by atoms with Gasteiger partial charge in [0.15, 0.2) is 0 Å². The van der Waals surface area contributed by atoms with Crippen LogP contribution in [0.2, 0.25) is 0 Å². The maximum atomic E-state index is 3.53. The highest BCUT2D eigenvalue weighted by Gasteiger charge is 2.33. The van der Waals surface area contributed by atoms with E-state index in [0.717, 1.165) is 24.8 Å². The molecular weight excluding hydrogens is 232 g/mol. The summed E-state index contributed by atoms with van der Waals surface area (Å²) in [4.78, 5) is 2.39.